The molecule has 0 spiro atoms. The van der Waals surface area contributed by atoms with Crippen LogP contribution in [0.25, 0.3) is 0 Å². The Morgan fingerprint density at radius 2 is 1.75 bits per heavy atom. The normalized spacial score (nSPS) is 16.4. The highest BCUT2D eigenvalue weighted by Gasteiger charge is 2.06. The molecule has 2 heteroatoms. The van der Waals surface area contributed by atoms with Crippen molar-refractivity contribution in [3.05, 3.63) is 12.3 Å². The van der Waals surface area contributed by atoms with Crippen molar-refractivity contribution in [3.63, 3.8) is 0 Å². The lowest BCUT2D eigenvalue weighted by Crippen LogP contribution is -2.42. The van der Waals surface area contributed by atoms with E-state index >= 15 is 0 Å². The second-order valence-corrected chi connectivity index (χ2v) is 3.18. The molecule has 1 aliphatic rings. The summed E-state index contributed by atoms with van der Waals surface area (Å²) in [5.74, 6) is 0. The minimum Gasteiger partial charge on any atom is -0.373 e. The molecule has 1 heterocycles. The van der Waals surface area contributed by atoms with E-state index in [4.69, 9.17) is 0 Å². The minimum atomic E-state index is 1.10. The van der Waals surface area contributed by atoms with E-state index in [2.05, 4.69) is 37.6 Å². The van der Waals surface area contributed by atoms with Crippen LogP contribution in [0.1, 0.15) is 27.2 Å². The highest BCUT2D eigenvalue weighted by Crippen LogP contribution is 1.99. The molecular formula is C10H22N2. The fourth-order valence-electron chi connectivity index (χ4n) is 1.05. The van der Waals surface area contributed by atoms with Gasteiger partial charge in [-0.05, 0) is 6.92 Å². The molecule has 1 aliphatic heterocycles. The van der Waals surface area contributed by atoms with Crippen molar-refractivity contribution in [3.8, 4) is 0 Å². The third-order valence-electron chi connectivity index (χ3n) is 1.66. The van der Waals surface area contributed by atoms with Crippen LogP contribution in [-0.2, 0) is 0 Å². The second kappa shape index (κ2) is 7.17. The molecule has 0 saturated carbocycles. The van der Waals surface area contributed by atoms with Crippen LogP contribution in [0.15, 0.2) is 12.3 Å². The maximum atomic E-state index is 3.88. The molecule has 0 aromatic rings. The van der Waals surface area contributed by atoms with Crippen LogP contribution < -0.4 is 5.32 Å². The smallest absolute Gasteiger partial charge is 0.0300 e. The predicted molar refractivity (Wildman–Crippen MR) is 55.2 cm³/mol. The largest absolute Gasteiger partial charge is 0.373 e. The molecule has 0 bridgehead atoms. The van der Waals surface area contributed by atoms with E-state index in [0.29, 0.717) is 0 Å². The zero-order valence-corrected chi connectivity index (χ0v) is 8.69. The van der Waals surface area contributed by atoms with E-state index in [9.17, 15) is 0 Å². The summed E-state index contributed by atoms with van der Waals surface area (Å²) in [6, 6.07) is 0. The van der Waals surface area contributed by atoms with Crippen LogP contribution in [0.3, 0.4) is 0 Å². The lowest BCUT2D eigenvalue weighted by molar-refractivity contribution is 0.301. The Balaban J connectivity index is 0.000000354. The third-order valence-corrected chi connectivity index (χ3v) is 1.66. The minimum absolute atomic E-state index is 1.10. The molecule has 1 fully saturated rings. The van der Waals surface area contributed by atoms with E-state index < -0.39 is 0 Å². The van der Waals surface area contributed by atoms with E-state index in [1.54, 1.807) is 0 Å². The van der Waals surface area contributed by atoms with Gasteiger partial charge >= 0.3 is 0 Å². The van der Waals surface area contributed by atoms with Gasteiger partial charge in [-0.15, -0.1) is 0 Å². The lowest BCUT2D eigenvalue weighted by Gasteiger charge is -2.29. The molecule has 1 saturated heterocycles. The van der Waals surface area contributed by atoms with Crippen molar-refractivity contribution in [1.82, 2.24) is 10.2 Å². The Morgan fingerprint density at radius 1 is 1.33 bits per heavy atom. The van der Waals surface area contributed by atoms with Crippen LogP contribution in [0.4, 0.5) is 0 Å². The molecule has 0 aliphatic carbocycles. The predicted octanol–water partition coefficient (Wildman–Crippen LogP) is 1.84. The molecule has 12 heavy (non-hydrogen) atoms. The molecule has 1 N–H and O–H groups in total. The van der Waals surface area contributed by atoms with Crippen LogP contribution in [0, 0.1) is 0 Å². The van der Waals surface area contributed by atoms with Crippen LogP contribution in [0.5, 0.6) is 0 Å². The summed E-state index contributed by atoms with van der Waals surface area (Å²) in [5.41, 5.74) is 1.19. The first kappa shape index (κ1) is 11.5. The van der Waals surface area contributed by atoms with E-state index in [0.717, 1.165) is 26.2 Å². The molecule has 2 nitrogen and oxygen atoms in total. The molecule has 72 valence electrons. The molecule has 0 aromatic carbocycles. The summed E-state index contributed by atoms with van der Waals surface area (Å²) in [4.78, 5) is 2.30. The first-order chi connectivity index (χ1) is 5.72. The van der Waals surface area contributed by atoms with Gasteiger partial charge in [-0.2, -0.15) is 0 Å². The molecule has 0 aromatic heterocycles. The van der Waals surface area contributed by atoms with Gasteiger partial charge in [0, 0.05) is 31.9 Å². The molecule has 0 radical (unpaired) electrons. The maximum absolute atomic E-state index is 3.88. The monoisotopic (exact) mass is 170 g/mol. The number of allylic oxidation sites excluding steroid dienone is 1. The second-order valence-electron chi connectivity index (χ2n) is 3.18. The van der Waals surface area contributed by atoms with Crippen molar-refractivity contribution >= 4 is 0 Å². The van der Waals surface area contributed by atoms with Gasteiger partial charge in [-0.25, -0.2) is 0 Å². The van der Waals surface area contributed by atoms with Crippen molar-refractivity contribution in [2.24, 2.45) is 0 Å². The summed E-state index contributed by atoms with van der Waals surface area (Å²) in [7, 11) is 0. The number of nitrogens with one attached hydrogen (secondary N) is 1. The molecular weight excluding hydrogens is 148 g/mol. The van der Waals surface area contributed by atoms with Gasteiger partial charge in [0.15, 0.2) is 0 Å². The molecule has 1 rings (SSSR count). The molecule has 0 unspecified atom stereocenters. The van der Waals surface area contributed by atoms with Gasteiger partial charge < -0.3 is 10.2 Å². The number of rotatable bonds is 1. The number of hydrogen-bond acceptors (Lipinski definition) is 2. The summed E-state index contributed by atoms with van der Waals surface area (Å²) in [6.45, 7) is 14.6. The summed E-state index contributed by atoms with van der Waals surface area (Å²) in [5, 5.41) is 3.29. The van der Waals surface area contributed by atoms with Gasteiger partial charge in [-0.1, -0.05) is 26.8 Å². The van der Waals surface area contributed by atoms with Crippen LogP contribution >= 0.6 is 0 Å². The number of piperazine rings is 1. The van der Waals surface area contributed by atoms with Gasteiger partial charge in [-0.3, -0.25) is 0 Å². The topological polar surface area (TPSA) is 15.3 Å². The Hall–Kier alpha value is -0.500. The summed E-state index contributed by atoms with van der Waals surface area (Å²) >= 11 is 0. The van der Waals surface area contributed by atoms with Crippen molar-refractivity contribution in [1.29, 1.82) is 0 Å². The summed E-state index contributed by atoms with van der Waals surface area (Å²) < 4.78 is 0. The van der Waals surface area contributed by atoms with Crippen molar-refractivity contribution in [2.45, 2.75) is 27.2 Å². The van der Waals surface area contributed by atoms with Crippen molar-refractivity contribution in [2.75, 3.05) is 26.2 Å². The Bertz CT molecular complexity index is 115. The Labute approximate surface area is 76.6 Å². The molecule has 0 amide bonds. The Kier molecular flexibility index (Phi) is 6.87. The average Bonchev–Trinajstić information content (AvgIpc) is 2.07. The van der Waals surface area contributed by atoms with Gasteiger partial charge in [0.05, 0.1) is 0 Å². The zero-order chi connectivity index (χ0) is 9.40. The first-order valence-electron chi connectivity index (χ1n) is 4.83. The highest BCUT2D eigenvalue weighted by atomic mass is 15.2. The Morgan fingerprint density at radius 3 is 2.00 bits per heavy atom. The maximum Gasteiger partial charge on any atom is 0.0300 e. The van der Waals surface area contributed by atoms with E-state index in [1.807, 2.05) is 0 Å². The average molecular weight is 170 g/mol. The van der Waals surface area contributed by atoms with E-state index in [1.165, 1.54) is 12.1 Å². The lowest BCUT2D eigenvalue weighted by atomic mass is 10.3. The quantitative estimate of drug-likeness (QED) is 0.646. The van der Waals surface area contributed by atoms with Gasteiger partial charge in [0.25, 0.3) is 0 Å². The fourth-order valence-corrected chi connectivity index (χ4v) is 1.05. The van der Waals surface area contributed by atoms with Gasteiger partial charge in [0.1, 0.15) is 0 Å². The SMILES string of the molecule is C=C(C)N1CCNCC1.CCC. The summed E-state index contributed by atoms with van der Waals surface area (Å²) in [6.07, 6.45) is 1.25. The molecule has 0 atom stereocenters. The van der Waals surface area contributed by atoms with Crippen LogP contribution in [-0.4, -0.2) is 31.1 Å². The zero-order valence-electron chi connectivity index (χ0n) is 8.69. The third kappa shape index (κ3) is 5.19. The first-order valence-corrected chi connectivity index (χ1v) is 4.83. The van der Waals surface area contributed by atoms with Crippen LogP contribution in [0.2, 0.25) is 0 Å². The van der Waals surface area contributed by atoms with Crippen molar-refractivity contribution < 1.29 is 0 Å². The number of hydrogen-bond donors (Lipinski definition) is 1. The highest BCUT2D eigenvalue weighted by molar-refractivity contribution is 4.90. The number of nitrogens with zero attached hydrogens (tertiary/aromatic N) is 1. The van der Waals surface area contributed by atoms with Gasteiger partial charge in [0.2, 0.25) is 0 Å². The fraction of sp³-hybridized carbons (Fsp3) is 0.800. The van der Waals surface area contributed by atoms with E-state index in [-0.39, 0.29) is 0 Å². The standard InChI is InChI=1S/C7H14N2.C3H8/c1-7(2)9-5-3-8-4-6-9;1-3-2/h8H,1,3-6H2,2H3;3H2,1-2H3.